The van der Waals surface area contributed by atoms with E-state index in [4.69, 9.17) is 9.26 Å². The molecule has 0 unspecified atom stereocenters. The fourth-order valence-electron chi connectivity index (χ4n) is 3.48. The number of carbonyl (C=O) groups is 2. The van der Waals surface area contributed by atoms with E-state index in [0.717, 1.165) is 10.9 Å². The highest BCUT2D eigenvalue weighted by Gasteiger charge is 2.24. The summed E-state index contributed by atoms with van der Waals surface area (Å²) in [6.45, 7) is 1.14. The first-order valence-electron chi connectivity index (χ1n) is 9.24. The number of fused-ring (bicyclic) bond motifs is 1. The van der Waals surface area contributed by atoms with Gasteiger partial charge in [0.2, 0.25) is 0 Å². The third-order valence-electron chi connectivity index (χ3n) is 5.04. The first-order valence-corrected chi connectivity index (χ1v) is 9.24. The smallest absolute Gasteiger partial charge is 0.409 e. The summed E-state index contributed by atoms with van der Waals surface area (Å²) in [6.07, 6.45) is 1.08. The van der Waals surface area contributed by atoms with Crippen LogP contribution in [0.3, 0.4) is 0 Å². The Morgan fingerprint density at radius 3 is 2.61 bits per heavy atom. The minimum absolute atomic E-state index is 0.0279. The Hall–Kier alpha value is -3.35. The Morgan fingerprint density at radius 1 is 1.14 bits per heavy atom. The lowest BCUT2D eigenvalue weighted by molar-refractivity contribution is 0.0892. The van der Waals surface area contributed by atoms with Gasteiger partial charge in [-0.2, -0.15) is 0 Å². The molecule has 1 fully saturated rings. The number of methoxy groups -OCH3 is 1. The van der Waals surface area contributed by atoms with Gasteiger partial charge in [0.15, 0.2) is 5.76 Å². The van der Waals surface area contributed by atoms with Crippen molar-refractivity contribution < 1.29 is 18.8 Å². The normalized spacial score (nSPS) is 14.8. The molecule has 1 aliphatic heterocycles. The second-order valence-electron chi connectivity index (χ2n) is 6.81. The average Bonchev–Trinajstić information content (AvgIpc) is 3.17. The molecule has 2 amide bonds. The van der Waals surface area contributed by atoms with Gasteiger partial charge in [-0.15, -0.1) is 0 Å². The highest BCUT2D eigenvalue weighted by molar-refractivity contribution is 6.01. The second-order valence-corrected chi connectivity index (χ2v) is 6.81. The first-order chi connectivity index (χ1) is 13.7. The molecule has 2 heterocycles. The van der Waals surface area contributed by atoms with E-state index in [0.29, 0.717) is 42.8 Å². The fourth-order valence-corrected chi connectivity index (χ4v) is 3.48. The van der Waals surface area contributed by atoms with Crippen LogP contribution in [0.15, 0.2) is 53.1 Å². The molecule has 3 aromatic rings. The number of nitrogens with one attached hydrogen (secondary N) is 1. The van der Waals surface area contributed by atoms with Crippen molar-refractivity contribution >= 4 is 22.9 Å². The van der Waals surface area contributed by atoms with Crippen LogP contribution in [0.4, 0.5) is 4.79 Å². The predicted octanol–water partition coefficient (Wildman–Crippen LogP) is 3.46. The molecule has 1 aliphatic rings. The van der Waals surface area contributed by atoms with Crippen LogP contribution in [0, 0.1) is 0 Å². The zero-order valence-corrected chi connectivity index (χ0v) is 15.6. The highest BCUT2D eigenvalue weighted by atomic mass is 16.5. The van der Waals surface area contributed by atoms with Gasteiger partial charge in [-0.1, -0.05) is 35.5 Å². The van der Waals surface area contributed by atoms with Gasteiger partial charge in [0.1, 0.15) is 5.52 Å². The summed E-state index contributed by atoms with van der Waals surface area (Å²) in [7, 11) is 1.38. The number of carbonyl (C=O) groups excluding carboxylic acids is 2. The number of aromatic nitrogens is 1. The van der Waals surface area contributed by atoms with E-state index < -0.39 is 0 Å². The highest BCUT2D eigenvalue weighted by Crippen LogP contribution is 2.29. The molecule has 1 saturated heterocycles. The van der Waals surface area contributed by atoms with Gasteiger partial charge in [-0.25, -0.2) is 4.79 Å². The summed E-state index contributed by atoms with van der Waals surface area (Å²) < 4.78 is 10.2. The van der Waals surface area contributed by atoms with Crippen LogP contribution in [-0.2, 0) is 4.74 Å². The Bertz CT molecular complexity index is 991. The van der Waals surface area contributed by atoms with Gasteiger partial charge < -0.3 is 19.5 Å². The number of hydrogen-bond acceptors (Lipinski definition) is 5. The van der Waals surface area contributed by atoms with Crippen LogP contribution in [-0.4, -0.2) is 48.3 Å². The van der Waals surface area contributed by atoms with Crippen molar-refractivity contribution in [3.63, 3.8) is 0 Å². The van der Waals surface area contributed by atoms with E-state index in [1.165, 1.54) is 7.11 Å². The summed E-state index contributed by atoms with van der Waals surface area (Å²) in [5, 5.41) is 7.95. The first kappa shape index (κ1) is 18.0. The molecule has 1 N–H and O–H groups in total. The molecule has 4 rings (SSSR count). The van der Waals surface area contributed by atoms with Gasteiger partial charge in [0.05, 0.1) is 12.5 Å². The zero-order valence-electron chi connectivity index (χ0n) is 15.6. The standard InChI is InChI=1S/C21H21N3O4/c1-27-21(26)24-11-9-16(10-12-24)22-20(25)15-7-8-18-17(13-15)19(28-23-18)14-5-3-2-4-6-14/h2-8,13,16H,9-12H2,1H3,(H,22,25). The number of hydrogen-bond donors (Lipinski definition) is 1. The maximum absolute atomic E-state index is 12.7. The quantitative estimate of drug-likeness (QED) is 0.753. The lowest BCUT2D eigenvalue weighted by Gasteiger charge is -2.31. The molecule has 144 valence electrons. The summed E-state index contributed by atoms with van der Waals surface area (Å²) in [4.78, 5) is 25.9. The zero-order chi connectivity index (χ0) is 19.5. The molecular weight excluding hydrogens is 358 g/mol. The van der Waals surface area contributed by atoms with Crippen molar-refractivity contribution in [1.82, 2.24) is 15.4 Å². The van der Waals surface area contributed by atoms with Crippen molar-refractivity contribution in [2.24, 2.45) is 0 Å². The van der Waals surface area contributed by atoms with Gasteiger partial charge in [0.25, 0.3) is 5.91 Å². The van der Waals surface area contributed by atoms with Crippen LogP contribution < -0.4 is 5.32 Å². The van der Waals surface area contributed by atoms with Crippen LogP contribution in [0.2, 0.25) is 0 Å². The maximum atomic E-state index is 12.7. The number of piperidine rings is 1. The molecule has 0 aliphatic carbocycles. The van der Waals surface area contributed by atoms with Gasteiger partial charge in [-0.3, -0.25) is 4.79 Å². The van der Waals surface area contributed by atoms with Gasteiger partial charge in [0, 0.05) is 30.3 Å². The third kappa shape index (κ3) is 3.55. The number of likely N-dealkylation sites (tertiary alicyclic amines) is 1. The average molecular weight is 379 g/mol. The molecule has 0 bridgehead atoms. The van der Waals surface area contributed by atoms with Crippen LogP contribution >= 0.6 is 0 Å². The minimum atomic E-state index is -0.323. The second kappa shape index (κ2) is 7.72. The molecular formula is C21H21N3O4. The van der Waals surface area contributed by atoms with Gasteiger partial charge >= 0.3 is 6.09 Å². The Kier molecular flexibility index (Phi) is 4.97. The number of nitrogens with zero attached hydrogens (tertiary/aromatic N) is 2. The number of ether oxygens (including phenoxy) is 1. The Labute approximate surface area is 162 Å². The van der Waals surface area contributed by atoms with Crippen molar-refractivity contribution in [1.29, 1.82) is 0 Å². The van der Waals surface area contributed by atoms with Crippen LogP contribution in [0.1, 0.15) is 23.2 Å². The van der Waals surface area contributed by atoms with Crippen molar-refractivity contribution in [3.05, 3.63) is 54.1 Å². The topological polar surface area (TPSA) is 84.7 Å². The molecule has 1 aromatic heterocycles. The molecule has 0 radical (unpaired) electrons. The number of benzene rings is 2. The number of amides is 2. The van der Waals surface area contributed by atoms with E-state index >= 15 is 0 Å². The predicted molar refractivity (Wildman–Crippen MR) is 104 cm³/mol. The van der Waals surface area contributed by atoms with Gasteiger partial charge in [-0.05, 0) is 31.0 Å². The van der Waals surface area contributed by atoms with E-state index in [2.05, 4.69) is 10.5 Å². The summed E-state index contributed by atoms with van der Waals surface area (Å²) >= 11 is 0. The van der Waals surface area contributed by atoms with Crippen LogP contribution in [0.25, 0.3) is 22.2 Å². The number of rotatable bonds is 3. The molecule has 28 heavy (non-hydrogen) atoms. The Balaban J connectivity index is 1.49. The van der Waals surface area contributed by atoms with Crippen molar-refractivity contribution in [2.75, 3.05) is 20.2 Å². The summed E-state index contributed by atoms with van der Waals surface area (Å²) in [5.74, 6) is 0.510. The SMILES string of the molecule is COC(=O)N1CCC(NC(=O)c2ccc3noc(-c4ccccc4)c3c2)CC1. The molecule has 0 spiro atoms. The van der Waals surface area contributed by atoms with E-state index in [1.807, 2.05) is 36.4 Å². The lowest BCUT2D eigenvalue weighted by Crippen LogP contribution is -2.46. The van der Waals surface area contributed by atoms with Crippen molar-refractivity contribution in [3.8, 4) is 11.3 Å². The molecule has 7 nitrogen and oxygen atoms in total. The molecule has 7 heteroatoms. The van der Waals surface area contributed by atoms with E-state index in [-0.39, 0.29) is 18.0 Å². The summed E-state index contributed by atoms with van der Waals surface area (Å²) in [5.41, 5.74) is 2.18. The third-order valence-corrected chi connectivity index (χ3v) is 5.04. The monoisotopic (exact) mass is 379 g/mol. The lowest BCUT2D eigenvalue weighted by atomic mass is 10.0. The van der Waals surface area contributed by atoms with E-state index in [1.54, 1.807) is 17.0 Å². The minimum Gasteiger partial charge on any atom is -0.453 e. The molecule has 2 aromatic carbocycles. The largest absolute Gasteiger partial charge is 0.453 e. The Morgan fingerprint density at radius 2 is 1.89 bits per heavy atom. The van der Waals surface area contributed by atoms with E-state index in [9.17, 15) is 9.59 Å². The fraction of sp³-hybridized carbons (Fsp3) is 0.286. The molecule has 0 saturated carbocycles. The maximum Gasteiger partial charge on any atom is 0.409 e. The summed E-state index contributed by atoms with van der Waals surface area (Å²) in [6, 6.07) is 15.1. The molecule has 0 atom stereocenters. The van der Waals surface area contributed by atoms with Crippen molar-refractivity contribution in [2.45, 2.75) is 18.9 Å². The van der Waals surface area contributed by atoms with Crippen LogP contribution in [0.5, 0.6) is 0 Å².